The lowest BCUT2D eigenvalue weighted by Gasteiger charge is -2.31. The fourth-order valence-corrected chi connectivity index (χ4v) is 3.20. The van der Waals surface area contributed by atoms with E-state index in [0.29, 0.717) is 12.3 Å². The van der Waals surface area contributed by atoms with Gasteiger partial charge in [-0.3, -0.25) is 4.79 Å². The van der Waals surface area contributed by atoms with E-state index in [4.69, 9.17) is 10.5 Å². The first-order valence-corrected chi connectivity index (χ1v) is 7.98. The Kier molecular flexibility index (Phi) is 4.71. The van der Waals surface area contributed by atoms with Crippen molar-refractivity contribution in [2.75, 3.05) is 18.5 Å². The summed E-state index contributed by atoms with van der Waals surface area (Å²) in [5.41, 5.74) is 7.48. The van der Waals surface area contributed by atoms with Crippen LogP contribution >= 0.6 is 0 Å². The Bertz CT molecular complexity index is 698. The average Bonchev–Trinajstić information content (AvgIpc) is 2.56. The molecule has 0 aliphatic carbocycles. The summed E-state index contributed by atoms with van der Waals surface area (Å²) in [6, 6.07) is 5.98. The molecule has 122 valence electrons. The summed E-state index contributed by atoms with van der Waals surface area (Å²) < 4.78 is 5.42. The highest BCUT2D eigenvalue weighted by atomic mass is 16.5. The molecule has 6 heteroatoms. The Morgan fingerprint density at radius 2 is 2.17 bits per heavy atom. The Balaban J connectivity index is 1.90. The van der Waals surface area contributed by atoms with Crippen LogP contribution in [0.5, 0.6) is 0 Å². The molecule has 1 aliphatic rings. The fraction of sp³-hybridized carbons (Fsp3) is 0.471. The van der Waals surface area contributed by atoms with Crippen molar-refractivity contribution in [3.05, 3.63) is 30.1 Å². The molecular formula is C17H22N4O2. The molecule has 1 aliphatic heterocycles. The van der Waals surface area contributed by atoms with Crippen LogP contribution in [0.15, 0.2) is 24.5 Å². The highest BCUT2D eigenvalue weighted by molar-refractivity contribution is 5.91. The first kappa shape index (κ1) is 15.7. The zero-order valence-electron chi connectivity index (χ0n) is 13.3. The highest BCUT2D eigenvalue weighted by Crippen LogP contribution is 2.27. The van der Waals surface area contributed by atoms with Gasteiger partial charge in [0.05, 0.1) is 5.52 Å². The number of nitrogens with two attached hydrogens (primary N) is 1. The van der Waals surface area contributed by atoms with Gasteiger partial charge in [0.1, 0.15) is 12.1 Å². The number of fused-ring (bicyclic) bond motifs is 1. The van der Waals surface area contributed by atoms with E-state index in [1.807, 2.05) is 25.1 Å². The van der Waals surface area contributed by atoms with Crippen LogP contribution in [-0.2, 0) is 9.53 Å². The molecule has 3 rings (SSSR count). The van der Waals surface area contributed by atoms with Crippen LogP contribution in [0.3, 0.4) is 0 Å². The number of hydrogen-bond donors (Lipinski definition) is 2. The van der Waals surface area contributed by atoms with Crippen molar-refractivity contribution >= 4 is 22.6 Å². The van der Waals surface area contributed by atoms with Crippen molar-refractivity contribution in [3.63, 3.8) is 0 Å². The van der Waals surface area contributed by atoms with Crippen LogP contribution in [0.2, 0.25) is 0 Å². The van der Waals surface area contributed by atoms with Crippen LogP contribution in [0.25, 0.3) is 10.9 Å². The maximum absolute atomic E-state index is 11.5. The lowest BCUT2D eigenvalue weighted by atomic mass is 9.89. The number of hydrogen-bond acceptors (Lipinski definition) is 5. The maximum Gasteiger partial charge on any atom is 0.219 e. The zero-order chi connectivity index (χ0) is 16.2. The molecule has 0 bridgehead atoms. The van der Waals surface area contributed by atoms with E-state index in [-0.39, 0.29) is 11.9 Å². The van der Waals surface area contributed by atoms with Gasteiger partial charge in [-0.2, -0.15) is 0 Å². The summed E-state index contributed by atoms with van der Waals surface area (Å²) >= 11 is 0. The molecule has 23 heavy (non-hydrogen) atoms. The standard InChI is InChI=1S/C17H22N4O2/c1-11-3-2-4-13-16(11)19-10-20-17(13)21-14(9-15(18)22)12-5-7-23-8-6-12/h2-4,10,12,14H,5-9H2,1H3,(H2,18,22)(H,19,20,21)/t14-/m1/s1. The van der Waals surface area contributed by atoms with Crippen molar-refractivity contribution < 1.29 is 9.53 Å². The molecule has 3 N–H and O–H groups in total. The SMILES string of the molecule is Cc1cccc2c(N[C@H](CC(N)=O)C3CCOCC3)ncnc12. The minimum Gasteiger partial charge on any atom is -0.381 e. The van der Waals surface area contributed by atoms with Crippen molar-refractivity contribution in [2.24, 2.45) is 11.7 Å². The third-order valence-electron chi connectivity index (χ3n) is 4.44. The van der Waals surface area contributed by atoms with Gasteiger partial charge in [-0.25, -0.2) is 9.97 Å². The van der Waals surface area contributed by atoms with Gasteiger partial charge in [-0.05, 0) is 37.3 Å². The van der Waals surface area contributed by atoms with Crippen LogP contribution in [0.1, 0.15) is 24.8 Å². The number of nitrogens with zero attached hydrogens (tertiary/aromatic N) is 2. The minimum absolute atomic E-state index is 0.0324. The first-order chi connectivity index (χ1) is 11.1. The molecule has 0 unspecified atom stereocenters. The molecule has 1 aromatic carbocycles. The van der Waals surface area contributed by atoms with E-state index >= 15 is 0 Å². The lowest BCUT2D eigenvalue weighted by Crippen LogP contribution is -2.37. The van der Waals surface area contributed by atoms with Gasteiger partial charge in [-0.1, -0.05) is 12.1 Å². The molecule has 1 fully saturated rings. The summed E-state index contributed by atoms with van der Waals surface area (Å²) in [6.07, 6.45) is 3.70. The summed E-state index contributed by atoms with van der Waals surface area (Å²) in [5, 5.41) is 4.41. The van der Waals surface area contributed by atoms with Gasteiger partial charge < -0.3 is 15.8 Å². The number of rotatable bonds is 5. The van der Waals surface area contributed by atoms with E-state index in [2.05, 4.69) is 15.3 Å². The third-order valence-corrected chi connectivity index (χ3v) is 4.44. The van der Waals surface area contributed by atoms with Gasteiger partial charge in [0.2, 0.25) is 5.91 Å². The van der Waals surface area contributed by atoms with Crippen molar-refractivity contribution in [1.29, 1.82) is 0 Å². The monoisotopic (exact) mass is 314 g/mol. The predicted octanol–water partition coefficient (Wildman–Crippen LogP) is 2.02. The second kappa shape index (κ2) is 6.91. The van der Waals surface area contributed by atoms with Crippen LogP contribution in [0, 0.1) is 12.8 Å². The number of benzene rings is 1. The lowest BCUT2D eigenvalue weighted by molar-refractivity contribution is -0.118. The Morgan fingerprint density at radius 1 is 1.39 bits per heavy atom. The molecule has 2 heterocycles. The topological polar surface area (TPSA) is 90.1 Å². The zero-order valence-corrected chi connectivity index (χ0v) is 13.3. The Hall–Kier alpha value is -2.21. The molecule has 0 saturated carbocycles. The first-order valence-electron chi connectivity index (χ1n) is 7.98. The molecule has 0 radical (unpaired) electrons. The predicted molar refractivity (Wildman–Crippen MR) is 89.0 cm³/mol. The Labute approximate surface area is 135 Å². The summed E-state index contributed by atoms with van der Waals surface area (Å²) in [4.78, 5) is 20.2. The summed E-state index contributed by atoms with van der Waals surface area (Å²) in [6.45, 7) is 3.48. The van der Waals surface area contributed by atoms with Gasteiger partial charge in [-0.15, -0.1) is 0 Å². The minimum atomic E-state index is -0.302. The molecular weight excluding hydrogens is 292 g/mol. The Morgan fingerprint density at radius 3 is 2.91 bits per heavy atom. The van der Waals surface area contributed by atoms with Crippen molar-refractivity contribution in [2.45, 2.75) is 32.2 Å². The molecule has 6 nitrogen and oxygen atoms in total. The molecule has 1 aromatic heterocycles. The maximum atomic E-state index is 11.5. The normalized spacial score (nSPS) is 17.1. The molecule has 0 spiro atoms. The summed E-state index contributed by atoms with van der Waals surface area (Å²) in [7, 11) is 0. The third kappa shape index (κ3) is 3.59. The smallest absolute Gasteiger partial charge is 0.219 e. The molecule has 1 atom stereocenters. The molecule has 1 saturated heterocycles. The van der Waals surface area contributed by atoms with Crippen molar-refractivity contribution in [1.82, 2.24) is 9.97 Å². The van der Waals surface area contributed by atoms with Crippen LogP contribution < -0.4 is 11.1 Å². The van der Waals surface area contributed by atoms with Gasteiger partial charge in [0, 0.05) is 31.1 Å². The molecule has 1 amide bonds. The molecule has 2 aromatic rings. The number of amides is 1. The van der Waals surface area contributed by atoms with Crippen molar-refractivity contribution in [3.8, 4) is 0 Å². The van der Waals surface area contributed by atoms with E-state index < -0.39 is 0 Å². The average molecular weight is 314 g/mol. The number of ether oxygens (including phenoxy) is 1. The van der Waals surface area contributed by atoms with E-state index in [1.54, 1.807) is 6.33 Å². The van der Waals surface area contributed by atoms with Gasteiger partial charge in [0.25, 0.3) is 0 Å². The second-order valence-electron chi connectivity index (χ2n) is 6.06. The van der Waals surface area contributed by atoms with E-state index in [9.17, 15) is 4.79 Å². The summed E-state index contributed by atoms with van der Waals surface area (Å²) in [5.74, 6) is 0.811. The number of carbonyl (C=O) groups is 1. The number of aromatic nitrogens is 2. The number of nitrogens with one attached hydrogen (secondary N) is 1. The van der Waals surface area contributed by atoms with Gasteiger partial charge >= 0.3 is 0 Å². The van der Waals surface area contributed by atoms with Crippen LogP contribution in [-0.4, -0.2) is 35.1 Å². The van der Waals surface area contributed by atoms with E-state index in [0.717, 1.165) is 48.3 Å². The van der Waals surface area contributed by atoms with Gasteiger partial charge in [0.15, 0.2) is 0 Å². The second-order valence-corrected chi connectivity index (χ2v) is 6.06. The number of primary amides is 1. The number of carbonyl (C=O) groups excluding carboxylic acids is 1. The quantitative estimate of drug-likeness (QED) is 0.881. The number of aryl methyl sites for hydroxylation is 1. The number of para-hydroxylation sites is 1. The van der Waals surface area contributed by atoms with E-state index in [1.165, 1.54) is 0 Å². The fourth-order valence-electron chi connectivity index (χ4n) is 3.20. The number of anilines is 1. The van der Waals surface area contributed by atoms with Crippen LogP contribution in [0.4, 0.5) is 5.82 Å². The highest BCUT2D eigenvalue weighted by Gasteiger charge is 2.26. The largest absolute Gasteiger partial charge is 0.381 e.